The Morgan fingerprint density at radius 2 is 1.69 bits per heavy atom. The molecule has 3 aromatic heterocycles. The second-order valence-electron chi connectivity index (χ2n) is 7.22. The summed E-state index contributed by atoms with van der Waals surface area (Å²) in [5.41, 5.74) is 2.18. The highest BCUT2D eigenvalue weighted by atomic mass is 16.2. The van der Waals surface area contributed by atoms with Crippen LogP contribution in [-0.4, -0.2) is 47.6 Å². The summed E-state index contributed by atoms with van der Waals surface area (Å²) in [6.45, 7) is 7.85. The van der Waals surface area contributed by atoms with Crippen molar-refractivity contribution >= 4 is 16.9 Å². The maximum Gasteiger partial charge on any atom is 0.332 e. The van der Waals surface area contributed by atoms with E-state index in [4.69, 9.17) is 4.98 Å². The first-order valence-corrected chi connectivity index (χ1v) is 9.93. The normalized spacial score (nSPS) is 11.9. The smallest absolute Gasteiger partial charge is 0.308 e. The second kappa shape index (κ2) is 7.36. The number of nitrogens with zero attached hydrogens (tertiary/aromatic N) is 6. The van der Waals surface area contributed by atoms with Crippen molar-refractivity contribution in [1.82, 2.24) is 28.0 Å². The van der Waals surface area contributed by atoms with Crippen LogP contribution in [0.1, 0.15) is 13.8 Å². The predicted octanol–water partition coefficient (Wildman–Crippen LogP) is 1.70. The number of aryl methyl sites for hydroxylation is 1. The zero-order chi connectivity index (χ0) is 20.7. The summed E-state index contributed by atoms with van der Waals surface area (Å²) in [6.07, 6.45) is 1.95. The molecule has 1 aromatic carbocycles. The van der Waals surface area contributed by atoms with E-state index in [1.165, 1.54) is 11.6 Å². The van der Waals surface area contributed by atoms with Crippen molar-refractivity contribution in [2.24, 2.45) is 14.1 Å². The third-order valence-electron chi connectivity index (χ3n) is 5.66. The van der Waals surface area contributed by atoms with E-state index in [9.17, 15) is 9.59 Å². The van der Waals surface area contributed by atoms with Gasteiger partial charge in [-0.1, -0.05) is 44.2 Å². The molecular weight excluding hydrogens is 368 g/mol. The van der Waals surface area contributed by atoms with Gasteiger partial charge >= 0.3 is 5.69 Å². The minimum absolute atomic E-state index is 0.337. The lowest BCUT2D eigenvalue weighted by atomic mass is 10.2. The molecule has 0 radical (unpaired) electrons. The molecule has 0 bridgehead atoms. The van der Waals surface area contributed by atoms with Crippen LogP contribution in [0.4, 0.5) is 0 Å². The van der Waals surface area contributed by atoms with Crippen LogP contribution in [0.5, 0.6) is 0 Å². The molecule has 0 unspecified atom stereocenters. The molecule has 29 heavy (non-hydrogen) atoms. The lowest BCUT2D eigenvalue weighted by molar-refractivity contribution is 0.292. The van der Waals surface area contributed by atoms with Crippen molar-refractivity contribution in [3.8, 4) is 11.3 Å². The minimum Gasteiger partial charge on any atom is -0.308 e. The first-order chi connectivity index (χ1) is 14.0. The molecule has 3 heterocycles. The molecule has 8 heteroatoms. The highest BCUT2D eigenvalue weighted by Gasteiger charge is 2.20. The third kappa shape index (κ3) is 3.00. The molecule has 0 saturated heterocycles. The number of rotatable bonds is 6. The van der Waals surface area contributed by atoms with Crippen LogP contribution >= 0.6 is 0 Å². The van der Waals surface area contributed by atoms with E-state index in [0.717, 1.165) is 42.0 Å². The Morgan fingerprint density at radius 1 is 1.00 bits per heavy atom. The number of imidazole rings is 2. The average molecular weight is 394 g/mol. The first kappa shape index (κ1) is 19.2. The molecule has 0 fully saturated rings. The first-order valence-electron chi connectivity index (χ1n) is 9.93. The van der Waals surface area contributed by atoms with Gasteiger partial charge in [-0.3, -0.25) is 18.3 Å². The molecule has 0 atom stereocenters. The van der Waals surface area contributed by atoms with E-state index in [0.29, 0.717) is 16.9 Å². The van der Waals surface area contributed by atoms with E-state index >= 15 is 0 Å². The summed E-state index contributed by atoms with van der Waals surface area (Å²) < 4.78 is 6.52. The van der Waals surface area contributed by atoms with Crippen LogP contribution in [0.2, 0.25) is 0 Å². The van der Waals surface area contributed by atoms with Gasteiger partial charge in [0.05, 0.1) is 5.69 Å². The molecule has 4 rings (SSSR count). The number of hydrogen-bond donors (Lipinski definition) is 0. The van der Waals surface area contributed by atoms with Gasteiger partial charge in [0.15, 0.2) is 11.2 Å². The molecule has 0 saturated carbocycles. The predicted molar refractivity (Wildman–Crippen MR) is 114 cm³/mol. The van der Waals surface area contributed by atoms with E-state index in [1.54, 1.807) is 7.05 Å². The summed E-state index contributed by atoms with van der Waals surface area (Å²) >= 11 is 0. The Morgan fingerprint density at radius 3 is 2.34 bits per heavy atom. The molecule has 0 amide bonds. The summed E-state index contributed by atoms with van der Waals surface area (Å²) in [5.74, 6) is 0.671. The molecule has 8 nitrogen and oxygen atoms in total. The Bertz CT molecular complexity index is 1290. The van der Waals surface area contributed by atoms with Gasteiger partial charge in [-0.05, 0) is 18.7 Å². The molecule has 4 aromatic rings. The number of aromatic nitrogens is 5. The highest BCUT2D eigenvalue weighted by molar-refractivity contribution is 5.78. The van der Waals surface area contributed by atoms with Gasteiger partial charge in [0.2, 0.25) is 5.78 Å². The lowest BCUT2D eigenvalue weighted by Gasteiger charge is -2.19. The number of benzene rings is 1. The fourth-order valence-corrected chi connectivity index (χ4v) is 3.86. The maximum absolute atomic E-state index is 12.9. The van der Waals surface area contributed by atoms with Crippen molar-refractivity contribution in [3.05, 3.63) is 57.4 Å². The molecule has 0 aliphatic rings. The summed E-state index contributed by atoms with van der Waals surface area (Å²) in [6, 6.07) is 10.1. The fraction of sp³-hybridized carbons (Fsp3) is 0.381. The number of likely N-dealkylation sites (N-methyl/N-ethyl adjacent to an activating group) is 1. The summed E-state index contributed by atoms with van der Waals surface area (Å²) in [7, 11) is 3.15. The molecule has 0 spiro atoms. The van der Waals surface area contributed by atoms with Crippen LogP contribution in [0.15, 0.2) is 46.1 Å². The van der Waals surface area contributed by atoms with Crippen molar-refractivity contribution < 1.29 is 0 Å². The number of fused-ring (bicyclic) bond motifs is 3. The quantitative estimate of drug-likeness (QED) is 0.499. The van der Waals surface area contributed by atoms with Crippen molar-refractivity contribution in [3.63, 3.8) is 0 Å². The molecule has 0 aliphatic heterocycles. The van der Waals surface area contributed by atoms with Crippen LogP contribution in [0, 0.1) is 0 Å². The van der Waals surface area contributed by atoms with Gasteiger partial charge in [-0.25, -0.2) is 4.79 Å². The average Bonchev–Trinajstić information content (AvgIpc) is 3.29. The zero-order valence-corrected chi connectivity index (χ0v) is 17.3. The molecular formula is C21H26N6O2. The van der Waals surface area contributed by atoms with Crippen LogP contribution in [0.3, 0.4) is 0 Å². The molecule has 0 N–H and O–H groups in total. The zero-order valence-electron chi connectivity index (χ0n) is 17.3. The van der Waals surface area contributed by atoms with Gasteiger partial charge in [0.25, 0.3) is 5.56 Å². The second-order valence-corrected chi connectivity index (χ2v) is 7.22. The highest BCUT2D eigenvalue weighted by Crippen LogP contribution is 2.25. The summed E-state index contributed by atoms with van der Waals surface area (Å²) in [4.78, 5) is 32.3. The fourth-order valence-electron chi connectivity index (χ4n) is 3.86. The lowest BCUT2D eigenvalue weighted by Crippen LogP contribution is -2.37. The van der Waals surface area contributed by atoms with Gasteiger partial charge in [0.1, 0.15) is 0 Å². The van der Waals surface area contributed by atoms with Crippen molar-refractivity contribution in [2.75, 3.05) is 19.6 Å². The molecule has 0 aliphatic carbocycles. The minimum atomic E-state index is -0.374. The Balaban J connectivity index is 2.01. The standard InChI is InChI=1S/C21H26N6O2/c1-5-25(6-2)12-13-26-16(15-10-8-7-9-11-15)14-27-17-18(22-20(26)27)23(3)21(29)24(4)19(17)28/h7-11,14H,5-6,12-13H2,1-4H3. The topological polar surface area (TPSA) is 69.5 Å². The van der Waals surface area contributed by atoms with Crippen molar-refractivity contribution in [2.45, 2.75) is 20.4 Å². The largest absolute Gasteiger partial charge is 0.332 e. The monoisotopic (exact) mass is 394 g/mol. The van der Waals surface area contributed by atoms with Gasteiger partial charge in [-0.2, -0.15) is 4.98 Å². The van der Waals surface area contributed by atoms with Gasteiger partial charge in [-0.15, -0.1) is 0 Å². The van der Waals surface area contributed by atoms with Crippen LogP contribution < -0.4 is 11.2 Å². The molecule has 152 valence electrons. The van der Waals surface area contributed by atoms with Gasteiger partial charge in [0, 0.05) is 33.4 Å². The van der Waals surface area contributed by atoms with E-state index in [1.807, 2.05) is 28.8 Å². The Kier molecular flexibility index (Phi) is 4.87. The Hall–Kier alpha value is -3.13. The van der Waals surface area contributed by atoms with Crippen LogP contribution in [-0.2, 0) is 20.6 Å². The third-order valence-corrected chi connectivity index (χ3v) is 5.66. The SMILES string of the molecule is CCN(CC)CCn1c(-c2ccccc2)cn2c3c(=O)n(C)c(=O)n(C)c3nc12. The van der Waals surface area contributed by atoms with E-state index < -0.39 is 0 Å². The van der Waals surface area contributed by atoms with E-state index in [2.05, 4.69) is 35.4 Å². The maximum atomic E-state index is 12.9. The van der Waals surface area contributed by atoms with Crippen LogP contribution in [0.25, 0.3) is 28.2 Å². The summed E-state index contributed by atoms with van der Waals surface area (Å²) in [5, 5.41) is 0. The number of hydrogen-bond acceptors (Lipinski definition) is 4. The van der Waals surface area contributed by atoms with E-state index in [-0.39, 0.29) is 11.2 Å². The Labute approximate surface area is 168 Å². The van der Waals surface area contributed by atoms with Crippen molar-refractivity contribution in [1.29, 1.82) is 0 Å². The van der Waals surface area contributed by atoms with Gasteiger partial charge < -0.3 is 9.47 Å².